The molecule has 2 fully saturated rings. The Morgan fingerprint density at radius 1 is 1.35 bits per heavy atom. The summed E-state index contributed by atoms with van der Waals surface area (Å²) in [7, 11) is 0. The Bertz CT molecular complexity index is 731. The highest BCUT2D eigenvalue weighted by Gasteiger charge is 2.33. The molecule has 0 N–H and O–H groups in total. The lowest BCUT2D eigenvalue weighted by atomic mass is 9.96. The normalized spacial score (nSPS) is 21.1. The third-order valence-corrected chi connectivity index (χ3v) is 5.36. The molecule has 2 aromatic rings. The predicted molar refractivity (Wildman–Crippen MR) is 97.2 cm³/mol. The van der Waals surface area contributed by atoms with E-state index in [2.05, 4.69) is 4.98 Å². The summed E-state index contributed by atoms with van der Waals surface area (Å²) in [6.45, 7) is 3.14. The number of hydrogen-bond donors (Lipinski definition) is 0. The first-order valence-corrected chi connectivity index (χ1v) is 9.86. The number of rotatable bonds is 5. The lowest BCUT2D eigenvalue weighted by Crippen LogP contribution is -2.43. The van der Waals surface area contributed by atoms with Gasteiger partial charge in [-0.25, -0.2) is 4.98 Å². The highest BCUT2D eigenvalue weighted by Crippen LogP contribution is 2.26. The lowest BCUT2D eigenvalue weighted by molar-refractivity contribution is -0.0969. The van der Waals surface area contributed by atoms with E-state index in [0.29, 0.717) is 37.7 Å². The Labute approximate surface area is 156 Å². The quantitative estimate of drug-likeness (QED) is 0.805. The van der Waals surface area contributed by atoms with E-state index in [-0.39, 0.29) is 18.1 Å². The van der Waals surface area contributed by atoms with Crippen molar-refractivity contribution in [3.63, 3.8) is 0 Å². The molecule has 1 atom stereocenters. The van der Waals surface area contributed by atoms with Gasteiger partial charge in [0, 0.05) is 30.0 Å². The number of carbonyl (C=O) groups excluding carboxylic acids is 1. The van der Waals surface area contributed by atoms with Crippen molar-refractivity contribution in [2.75, 3.05) is 26.3 Å². The molecule has 4 rings (SSSR count). The Hall–Kier alpha value is -1.96. The van der Waals surface area contributed by atoms with Crippen LogP contribution in [0.3, 0.4) is 0 Å². The summed E-state index contributed by atoms with van der Waals surface area (Å²) in [5.74, 6) is 0.964. The van der Waals surface area contributed by atoms with E-state index in [4.69, 9.17) is 14.2 Å². The van der Waals surface area contributed by atoms with E-state index < -0.39 is 0 Å². The largest absolute Gasteiger partial charge is 0.487 e. The van der Waals surface area contributed by atoms with Crippen LogP contribution in [0.4, 0.5) is 0 Å². The molecule has 0 radical (unpaired) electrons. The van der Waals surface area contributed by atoms with Crippen LogP contribution in [0.1, 0.15) is 28.9 Å². The van der Waals surface area contributed by atoms with E-state index in [0.717, 1.165) is 25.1 Å². The van der Waals surface area contributed by atoms with Crippen LogP contribution < -0.4 is 4.74 Å². The fourth-order valence-corrected chi connectivity index (χ4v) is 3.98. The zero-order chi connectivity index (χ0) is 17.8. The molecular formula is C19H22N2O4S. The van der Waals surface area contributed by atoms with E-state index in [1.807, 2.05) is 28.5 Å². The van der Waals surface area contributed by atoms with E-state index in [1.54, 1.807) is 11.6 Å². The number of nitrogens with zero attached hydrogens (tertiary/aromatic N) is 2. The molecule has 0 spiro atoms. The molecule has 0 bridgehead atoms. The second-order valence-corrected chi connectivity index (χ2v) is 7.28. The lowest BCUT2D eigenvalue weighted by Gasteiger charge is -2.34. The molecular weight excluding hydrogens is 352 g/mol. The van der Waals surface area contributed by atoms with Gasteiger partial charge < -0.3 is 19.1 Å². The number of amides is 1. The maximum absolute atomic E-state index is 12.9. The number of aromatic nitrogens is 1. The summed E-state index contributed by atoms with van der Waals surface area (Å²) >= 11 is 1.54. The van der Waals surface area contributed by atoms with E-state index >= 15 is 0 Å². The van der Waals surface area contributed by atoms with Crippen molar-refractivity contribution < 1.29 is 19.0 Å². The molecule has 2 saturated heterocycles. The van der Waals surface area contributed by atoms with Crippen LogP contribution in [-0.4, -0.2) is 48.4 Å². The summed E-state index contributed by atoms with van der Waals surface area (Å²) < 4.78 is 17.0. The molecule has 1 unspecified atom stereocenters. The number of benzene rings is 1. The first kappa shape index (κ1) is 17.5. The standard InChI is InChI=1S/C19H22N2O4S/c22-18(21-6-2-4-15(10-21)19-23-7-8-24-19)14-3-1-5-17(9-14)25-11-16-12-26-13-20-16/h1,3,5,9,12-13,15,19H,2,4,6-8,10-11H2. The molecule has 1 aromatic heterocycles. The molecule has 7 heteroatoms. The average molecular weight is 374 g/mol. The van der Waals surface area contributed by atoms with Gasteiger partial charge in [-0.15, -0.1) is 11.3 Å². The first-order valence-electron chi connectivity index (χ1n) is 8.92. The van der Waals surface area contributed by atoms with Crippen molar-refractivity contribution >= 4 is 17.2 Å². The van der Waals surface area contributed by atoms with Crippen LogP contribution in [0.5, 0.6) is 5.75 Å². The summed E-state index contributed by atoms with van der Waals surface area (Å²) in [6, 6.07) is 7.36. The SMILES string of the molecule is O=C(c1cccc(OCc2cscn2)c1)N1CCCC(C2OCCO2)C1. The van der Waals surface area contributed by atoms with Gasteiger partial charge in [0.15, 0.2) is 6.29 Å². The molecule has 6 nitrogen and oxygen atoms in total. The van der Waals surface area contributed by atoms with Gasteiger partial charge in [0.1, 0.15) is 12.4 Å². The van der Waals surface area contributed by atoms with Gasteiger partial charge in [-0.1, -0.05) is 6.07 Å². The highest BCUT2D eigenvalue weighted by molar-refractivity contribution is 7.07. The second kappa shape index (κ2) is 8.16. The zero-order valence-corrected chi connectivity index (χ0v) is 15.3. The van der Waals surface area contributed by atoms with Crippen molar-refractivity contribution in [1.29, 1.82) is 0 Å². The maximum Gasteiger partial charge on any atom is 0.254 e. The van der Waals surface area contributed by atoms with Crippen molar-refractivity contribution in [3.05, 3.63) is 46.4 Å². The Balaban J connectivity index is 1.39. The van der Waals surface area contributed by atoms with Crippen LogP contribution in [-0.2, 0) is 16.1 Å². The van der Waals surface area contributed by atoms with Gasteiger partial charge >= 0.3 is 0 Å². The number of likely N-dealkylation sites (tertiary alicyclic amines) is 1. The average Bonchev–Trinajstić information content (AvgIpc) is 3.40. The van der Waals surface area contributed by atoms with Crippen molar-refractivity contribution in [2.45, 2.75) is 25.7 Å². The van der Waals surface area contributed by atoms with Crippen LogP contribution in [0.2, 0.25) is 0 Å². The van der Waals surface area contributed by atoms with Crippen molar-refractivity contribution in [2.24, 2.45) is 5.92 Å². The fourth-order valence-electron chi connectivity index (χ4n) is 3.43. The van der Waals surface area contributed by atoms with Crippen molar-refractivity contribution in [1.82, 2.24) is 9.88 Å². The molecule has 0 saturated carbocycles. The monoisotopic (exact) mass is 374 g/mol. The number of carbonyl (C=O) groups is 1. The fraction of sp³-hybridized carbons (Fsp3) is 0.474. The van der Waals surface area contributed by atoms with Crippen LogP contribution in [0.15, 0.2) is 35.2 Å². The first-order chi connectivity index (χ1) is 12.8. The highest BCUT2D eigenvalue weighted by atomic mass is 32.1. The summed E-state index contributed by atoms with van der Waals surface area (Å²) in [4.78, 5) is 19.0. The maximum atomic E-state index is 12.9. The number of ether oxygens (including phenoxy) is 3. The third-order valence-electron chi connectivity index (χ3n) is 4.73. The summed E-state index contributed by atoms with van der Waals surface area (Å²) in [5, 5.41) is 1.95. The number of hydrogen-bond acceptors (Lipinski definition) is 6. The van der Waals surface area contributed by atoms with Gasteiger partial charge in [0.25, 0.3) is 5.91 Å². The molecule has 0 aliphatic carbocycles. The van der Waals surface area contributed by atoms with Gasteiger partial charge in [-0.3, -0.25) is 4.79 Å². The minimum absolute atomic E-state index is 0.0341. The van der Waals surface area contributed by atoms with E-state index in [1.165, 1.54) is 11.3 Å². The molecule has 138 valence electrons. The molecule has 2 aliphatic heterocycles. The Morgan fingerprint density at radius 3 is 3.04 bits per heavy atom. The van der Waals surface area contributed by atoms with Gasteiger partial charge in [0.05, 0.1) is 24.4 Å². The molecule has 3 heterocycles. The topological polar surface area (TPSA) is 60.9 Å². The number of piperidine rings is 1. The van der Waals surface area contributed by atoms with Gasteiger partial charge in [-0.2, -0.15) is 0 Å². The molecule has 1 amide bonds. The van der Waals surface area contributed by atoms with Crippen LogP contribution in [0.25, 0.3) is 0 Å². The Morgan fingerprint density at radius 2 is 2.23 bits per heavy atom. The smallest absolute Gasteiger partial charge is 0.254 e. The third kappa shape index (κ3) is 4.06. The van der Waals surface area contributed by atoms with Crippen LogP contribution in [0, 0.1) is 5.92 Å². The zero-order valence-electron chi connectivity index (χ0n) is 14.5. The Kier molecular flexibility index (Phi) is 5.48. The minimum Gasteiger partial charge on any atom is -0.487 e. The van der Waals surface area contributed by atoms with Crippen molar-refractivity contribution in [3.8, 4) is 5.75 Å². The summed E-state index contributed by atoms with van der Waals surface area (Å²) in [6.07, 6.45) is 1.84. The van der Waals surface area contributed by atoms with Crippen LogP contribution >= 0.6 is 11.3 Å². The molecule has 2 aliphatic rings. The van der Waals surface area contributed by atoms with Gasteiger partial charge in [0.2, 0.25) is 0 Å². The van der Waals surface area contributed by atoms with E-state index in [9.17, 15) is 4.79 Å². The summed E-state index contributed by atoms with van der Waals surface area (Å²) in [5.41, 5.74) is 3.32. The minimum atomic E-state index is -0.168. The molecule has 1 aromatic carbocycles. The predicted octanol–water partition coefficient (Wildman–Crippen LogP) is 2.95. The van der Waals surface area contributed by atoms with Gasteiger partial charge in [-0.05, 0) is 31.0 Å². The second-order valence-electron chi connectivity index (χ2n) is 6.56. The molecule has 26 heavy (non-hydrogen) atoms. The number of thiazole rings is 1.